The van der Waals surface area contributed by atoms with Crippen molar-refractivity contribution in [1.82, 2.24) is 5.32 Å². The van der Waals surface area contributed by atoms with Gasteiger partial charge in [0.05, 0.1) is 5.69 Å². The standard InChI is InChI=1S/C19H25BrN2S/c1-17-7-13-8-18(2,10-17)12-19(9-13,11-17)22-16(23)21-15-6-4-3-5-14(15)20/h3-6,13H,7-12H2,1-2H3,(H2,21,22,23). The van der Waals surface area contributed by atoms with E-state index in [1.165, 1.54) is 38.5 Å². The number of benzene rings is 1. The van der Waals surface area contributed by atoms with Gasteiger partial charge in [-0.2, -0.15) is 0 Å². The first kappa shape index (κ1) is 15.9. The molecule has 5 rings (SSSR count). The predicted octanol–water partition coefficient (Wildman–Crippen LogP) is 5.48. The Bertz CT molecular complexity index is 641. The molecule has 0 aromatic heterocycles. The van der Waals surface area contributed by atoms with Gasteiger partial charge in [0.15, 0.2) is 5.11 Å². The molecule has 1 aromatic carbocycles. The maximum Gasteiger partial charge on any atom is 0.171 e. The summed E-state index contributed by atoms with van der Waals surface area (Å²) in [6.07, 6.45) is 8.04. The van der Waals surface area contributed by atoms with Crippen LogP contribution in [0.15, 0.2) is 28.7 Å². The molecule has 2 unspecified atom stereocenters. The molecule has 4 bridgehead atoms. The Morgan fingerprint density at radius 2 is 1.74 bits per heavy atom. The average Bonchev–Trinajstić information content (AvgIpc) is 2.36. The van der Waals surface area contributed by atoms with E-state index in [4.69, 9.17) is 12.2 Å². The van der Waals surface area contributed by atoms with Crippen molar-refractivity contribution in [1.29, 1.82) is 0 Å². The van der Waals surface area contributed by atoms with Gasteiger partial charge in [-0.25, -0.2) is 0 Å². The SMILES string of the molecule is CC12CC3CC(C)(C1)CC(NC(=S)Nc1ccccc1Br)(C3)C2. The van der Waals surface area contributed by atoms with Gasteiger partial charge in [-0.1, -0.05) is 26.0 Å². The number of hydrogen-bond donors (Lipinski definition) is 2. The van der Waals surface area contributed by atoms with Crippen LogP contribution >= 0.6 is 28.1 Å². The Balaban J connectivity index is 1.52. The molecule has 23 heavy (non-hydrogen) atoms. The minimum Gasteiger partial charge on any atom is -0.357 e. The minimum absolute atomic E-state index is 0.203. The lowest BCUT2D eigenvalue weighted by atomic mass is 9.43. The Morgan fingerprint density at radius 3 is 2.35 bits per heavy atom. The van der Waals surface area contributed by atoms with Crippen LogP contribution in [0.4, 0.5) is 5.69 Å². The molecule has 0 heterocycles. The summed E-state index contributed by atoms with van der Waals surface area (Å²) in [7, 11) is 0. The summed E-state index contributed by atoms with van der Waals surface area (Å²) in [4.78, 5) is 0. The third kappa shape index (κ3) is 2.93. The number of para-hydroxylation sites is 1. The fraction of sp³-hybridized carbons (Fsp3) is 0.632. The van der Waals surface area contributed by atoms with E-state index >= 15 is 0 Å². The molecule has 4 saturated carbocycles. The van der Waals surface area contributed by atoms with Crippen LogP contribution < -0.4 is 10.6 Å². The fourth-order valence-electron chi connectivity index (χ4n) is 6.54. The van der Waals surface area contributed by atoms with Crippen LogP contribution in [0.2, 0.25) is 0 Å². The molecular weight excluding hydrogens is 368 g/mol. The molecule has 4 aliphatic rings. The smallest absolute Gasteiger partial charge is 0.171 e. The van der Waals surface area contributed by atoms with Gasteiger partial charge in [0, 0.05) is 10.0 Å². The van der Waals surface area contributed by atoms with Crippen molar-refractivity contribution >= 4 is 38.9 Å². The van der Waals surface area contributed by atoms with Crippen LogP contribution in [0.5, 0.6) is 0 Å². The van der Waals surface area contributed by atoms with Crippen molar-refractivity contribution in [3.05, 3.63) is 28.7 Å². The van der Waals surface area contributed by atoms with Crippen LogP contribution in [0.25, 0.3) is 0 Å². The summed E-state index contributed by atoms with van der Waals surface area (Å²) >= 11 is 9.25. The summed E-state index contributed by atoms with van der Waals surface area (Å²) < 4.78 is 1.05. The Labute approximate surface area is 152 Å². The molecule has 2 N–H and O–H groups in total. The normalized spacial score (nSPS) is 40.9. The molecule has 4 fully saturated rings. The molecule has 0 saturated heterocycles. The van der Waals surface area contributed by atoms with Crippen molar-refractivity contribution in [3.8, 4) is 0 Å². The summed E-state index contributed by atoms with van der Waals surface area (Å²) in [5.74, 6) is 0.875. The highest BCUT2D eigenvalue weighted by Gasteiger charge is 2.60. The van der Waals surface area contributed by atoms with Gasteiger partial charge in [-0.05, 0) is 95.6 Å². The van der Waals surface area contributed by atoms with Crippen LogP contribution in [-0.2, 0) is 0 Å². The third-order valence-corrected chi connectivity index (χ3v) is 7.02. The highest BCUT2D eigenvalue weighted by molar-refractivity contribution is 9.10. The Morgan fingerprint density at radius 1 is 1.09 bits per heavy atom. The lowest BCUT2D eigenvalue weighted by Crippen LogP contribution is -2.65. The monoisotopic (exact) mass is 392 g/mol. The number of thiocarbonyl (C=S) groups is 1. The first-order valence-electron chi connectivity index (χ1n) is 8.63. The van der Waals surface area contributed by atoms with E-state index < -0.39 is 0 Å². The van der Waals surface area contributed by atoms with Crippen molar-refractivity contribution in [2.45, 2.75) is 57.9 Å². The largest absolute Gasteiger partial charge is 0.357 e. The first-order valence-corrected chi connectivity index (χ1v) is 9.83. The number of rotatable bonds is 2. The summed E-state index contributed by atoms with van der Waals surface area (Å²) in [6, 6.07) is 8.15. The summed E-state index contributed by atoms with van der Waals surface area (Å²) in [6.45, 7) is 4.99. The average molecular weight is 393 g/mol. The topological polar surface area (TPSA) is 24.1 Å². The van der Waals surface area contributed by atoms with Gasteiger partial charge in [0.25, 0.3) is 0 Å². The van der Waals surface area contributed by atoms with Gasteiger partial charge in [0.2, 0.25) is 0 Å². The molecular formula is C19H25BrN2S. The molecule has 0 amide bonds. The third-order valence-electron chi connectivity index (χ3n) is 6.13. The van der Waals surface area contributed by atoms with E-state index in [-0.39, 0.29) is 5.54 Å². The minimum atomic E-state index is 0.203. The maximum atomic E-state index is 5.66. The van der Waals surface area contributed by atoms with E-state index in [2.05, 4.69) is 46.5 Å². The fourth-order valence-corrected chi connectivity index (χ4v) is 7.25. The van der Waals surface area contributed by atoms with Crippen LogP contribution in [0, 0.1) is 16.7 Å². The molecule has 2 atom stereocenters. The lowest BCUT2D eigenvalue weighted by molar-refractivity contribution is -0.111. The summed E-state index contributed by atoms with van der Waals surface area (Å²) in [5, 5.41) is 7.90. The van der Waals surface area contributed by atoms with Crippen LogP contribution in [0.3, 0.4) is 0 Å². The van der Waals surface area contributed by atoms with Gasteiger partial charge in [0.1, 0.15) is 0 Å². The molecule has 1 aromatic rings. The highest BCUT2D eigenvalue weighted by atomic mass is 79.9. The van der Waals surface area contributed by atoms with Gasteiger partial charge in [-0.3, -0.25) is 0 Å². The zero-order valence-corrected chi connectivity index (χ0v) is 16.3. The van der Waals surface area contributed by atoms with Crippen molar-refractivity contribution < 1.29 is 0 Å². The highest BCUT2D eigenvalue weighted by Crippen LogP contribution is 2.66. The van der Waals surface area contributed by atoms with Crippen molar-refractivity contribution in [3.63, 3.8) is 0 Å². The first-order chi connectivity index (χ1) is 10.8. The number of anilines is 1. The van der Waals surface area contributed by atoms with Crippen molar-refractivity contribution in [2.75, 3.05) is 5.32 Å². The zero-order chi connectivity index (χ0) is 16.3. The number of nitrogens with one attached hydrogen (secondary N) is 2. The zero-order valence-electron chi connectivity index (χ0n) is 13.9. The van der Waals surface area contributed by atoms with Gasteiger partial charge < -0.3 is 10.6 Å². The van der Waals surface area contributed by atoms with Gasteiger partial charge >= 0.3 is 0 Å². The van der Waals surface area contributed by atoms with Crippen LogP contribution in [0.1, 0.15) is 52.4 Å². The molecule has 2 nitrogen and oxygen atoms in total. The predicted molar refractivity (Wildman–Crippen MR) is 104 cm³/mol. The van der Waals surface area contributed by atoms with Crippen molar-refractivity contribution in [2.24, 2.45) is 16.7 Å². The second-order valence-corrected chi connectivity index (χ2v) is 10.2. The second kappa shape index (κ2) is 5.19. The molecule has 0 aliphatic heterocycles. The summed E-state index contributed by atoms with van der Waals surface area (Å²) in [5.41, 5.74) is 2.25. The Hall–Kier alpha value is -0.610. The van der Waals surface area contributed by atoms with E-state index in [1.54, 1.807) is 0 Å². The van der Waals surface area contributed by atoms with Gasteiger partial charge in [-0.15, -0.1) is 0 Å². The van der Waals surface area contributed by atoms with E-state index in [9.17, 15) is 0 Å². The maximum absolute atomic E-state index is 5.66. The van der Waals surface area contributed by atoms with Crippen LogP contribution in [-0.4, -0.2) is 10.7 Å². The Kier molecular flexibility index (Phi) is 3.59. The lowest BCUT2D eigenvalue weighted by Gasteiger charge is -2.65. The molecule has 0 radical (unpaired) electrons. The van der Waals surface area contributed by atoms with E-state index in [0.717, 1.165) is 21.2 Å². The molecule has 0 spiro atoms. The number of halogens is 1. The quantitative estimate of drug-likeness (QED) is 0.651. The second-order valence-electron chi connectivity index (χ2n) is 8.97. The molecule has 4 heteroatoms. The molecule has 4 aliphatic carbocycles. The number of hydrogen-bond acceptors (Lipinski definition) is 1. The molecule has 124 valence electrons. The van der Waals surface area contributed by atoms with E-state index in [0.29, 0.717) is 10.8 Å². The van der Waals surface area contributed by atoms with E-state index in [1.807, 2.05) is 18.2 Å².